The molecule has 124 valence electrons. The van der Waals surface area contributed by atoms with Crippen molar-refractivity contribution in [1.82, 2.24) is 9.55 Å². The van der Waals surface area contributed by atoms with Crippen molar-refractivity contribution in [1.29, 1.82) is 0 Å². The number of aromatic nitrogens is 2. The average molecular weight is 363 g/mol. The summed E-state index contributed by atoms with van der Waals surface area (Å²) in [7, 11) is 0. The van der Waals surface area contributed by atoms with Crippen LogP contribution in [0.3, 0.4) is 0 Å². The maximum atomic E-state index is 14.1. The molecule has 6 heteroatoms. The Hall–Kier alpha value is -1.72. The third-order valence-corrected chi connectivity index (χ3v) is 6.18. The van der Waals surface area contributed by atoms with Gasteiger partial charge in [-0.2, -0.15) is 0 Å². The van der Waals surface area contributed by atoms with E-state index in [9.17, 15) is 9.18 Å². The molecule has 0 saturated heterocycles. The zero-order valence-corrected chi connectivity index (χ0v) is 14.8. The molecule has 0 N–H and O–H groups in total. The molecular weight excluding hydrogens is 347 g/mol. The molecule has 0 unspecified atom stereocenters. The molecule has 0 atom stereocenters. The number of thiophene rings is 1. The first-order chi connectivity index (χ1) is 11.6. The second-order valence-corrected chi connectivity index (χ2v) is 7.63. The summed E-state index contributed by atoms with van der Waals surface area (Å²) in [6, 6.07) is 4.56. The predicted molar refractivity (Wildman–Crippen MR) is 95.8 cm³/mol. The van der Waals surface area contributed by atoms with E-state index in [0.29, 0.717) is 21.8 Å². The van der Waals surface area contributed by atoms with Crippen molar-refractivity contribution in [3.63, 3.8) is 0 Å². The average Bonchev–Trinajstić information content (AvgIpc) is 2.91. The van der Waals surface area contributed by atoms with Gasteiger partial charge in [-0.3, -0.25) is 9.36 Å². The quantitative estimate of drug-likeness (QED) is 0.673. The lowest BCUT2D eigenvalue weighted by molar-refractivity contribution is 0.591. The number of benzene rings is 1. The number of hydrogen-bond acceptors (Lipinski definition) is 3. The summed E-state index contributed by atoms with van der Waals surface area (Å²) in [5.74, 6) is 0.187. The maximum absolute atomic E-state index is 14.1. The van der Waals surface area contributed by atoms with Gasteiger partial charge in [0.05, 0.1) is 11.9 Å². The molecule has 0 fully saturated rings. The molecule has 4 rings (SSSR count). The summed E-state index contributed by atoms with van der Waals surface area (Å²) in [5, 5.41) is 1.04. The van der Waals surface area contributed by atoms with Crippen LogP contribution in [0.5, 0.6) is 0 Å². The lowest BCUT2D eigenvalue weighted by Gasteiger charge is -2.13. The first-order valence-electron chi connectivity index (χ1n) is 8.01. The minimum Gasteiger partial charge on any atom is -0.292 e. The van der Waals surface area contributed by atoms with Crippen LogP contribution in [0, 0.1) is 12.7 Å². The van der Waals surface area contributed by atoms with Gasteiger partial charge in [0.15, 0.2) is 0 Å². The number of fused-ring (bicyclic) bond motifs is 3. The summed E-state index contributed by atoms with van der Waals surface area (Å²) < 4.78 is 15.6. The molecule has 3 aromatic rings. The molecule has 0 amide bonds. The maximum Gasteiger partial charge on any atom is 0.262 e. The van der Waals surface area contributed by atoms with E-state index in [1.54, 1.807) is 30.4 Å². The van der Waals surface area contributed by atoms with Crippen LogP contribution >= 0.6 is 22.9 Å². The van der Waals surface area contributed by atoms with Gasteiger partial charge in [0, 0.05) is 15.5 Å². The number of aryl methyl sites for hydroxylation is 3. The molecule has 0 aliphatic heterocycles. The lowest BCUT2D eigenvalue weighted by atomic mass is 9.97. The second-order valence-electron chi connectivity index (χ2n) is 6.14. The van der Waals surface area contributed by atoms with Crippen LogP contribution < -0.4 is 5.56 Å². The molecule has 2 aromatic heterocycles. The standard InChI is InChI=1S/C18H16ClFN2OS/c1-10-21-17-16(11-5-2-3-8-15(11)24-17)18(23)22(10)9-12-13(19)6-4-7-14(12)20/h4,6-7H,2-3,5,8-9H2,1H3. The first-order valence-corrected chi connectivity index (χ1v) is 9.20. The van der Waals surface area contributed by atoms with E-state index in [0.717, 1.165) is 36.1 Å². The third kappa shape index (κ3) is 2.47. The SMILES string of the molecule is Cc1nc2sc3c(c2c(=O)n1Cc1c(F)cccc1Cl)CCCC3. The molecule has 1 aliphatic rings. The molecule has 2 heterocycles. The Labute approximate surface area is 147 Å². The highest BCUT2D eigenvalue weighted by Gasteiger charge is 2.21. The largest absolute Gasteiger partial charge is 0.292 e. The fraction of sp³-hybridized carbons (Fsp3) is 0.333. The molecular formula is C18H16ClFN2OS. The van der Waals surface area contributed by atoms with E-state index in [1.807, 2.05) is 0 Å². The van der Waals surface area contributed by atoms with Crippen molar-refractivity contribution in [3.8, 4) is 0 Å². The third-order valence-electron chi connectivity index (χ3n) is 4.64. The topological polar surface area (TPSA) is 34.9 Å². The zero-order valence-electron chi connectivity index (χ0n) is 13.2. The fourth-order valence-electron chi connectivity index (χ4n) is 3.37. The van der Waals surface area contributed by atoms with Crippen molar-refractivity contribution < 1.29 is 4.39 Å². The minimum atomic E-state index is -0.402. The van der Waals surface area contributed by atoms with Crippen LogP contribution in [-0.2, 0) is 19.4 Å². The smallest absolute Gasteiger partial charge is 0.262 e. The normalized spacial score (nSPS) is 14.1. The Morgan fingerprint density at radius 3 is 2.92 bits per heavy atom. The van der Waals surface area contributed by atoms with Crippen molar-refractivity contribution in [2.45, 2.75) is 39.2 Å². The van der Waals surface area contributed by atoms with E-state index in [4.69, 9.17) is 11.6 Å². The van der Waals surface area contributed by atoms with Crippen LogP contribution in [0.25, 0.3) is 10.2 Å². The highest BCUT2D eigenvalue weighted by molar-refractivity contribution is 7.18. The Bertz CT molecular complexity index is 988. The number of rotatable bonds is 2. The van der Waals surface area contributed by atoms with E-state index in [-0.39, 0.29) is 12.1 Å². The zero-order chi connectivity index (χ0) is 16.8. The molecule has 1 aromatic carbocycles. The molecule has 1 aliphatic carbocycles. The predicted octanol–water partition coefficient (Wildman–Crippen LogP) is 4.49. The summed E-state index contributed by atoms with van der Waals surface area (Å²) in [6.45, 7) is 1.89. The van der Waals surface area contributed by atoms with Crippen molar-refractivity contribution in [2.75, 3.05) is 0 Å². The van der Waals surface area contributed by atoms with Crippen LogP contribution in [0.1, 0.15) is 34.7 Å². The van der Waals surface area contributed by atoms with Crippen molar-refractivity contribution >= 4 is 33.2 Å². The summed E-state index contributed by atoms with van der Waals surface area (Å²) in [6.07, 6.45) is 4.22. The monoisotopic (exact) mass is 362 g/mol. The van der Waals surface area contributed by atoms with Gasteiger partial charge in [0.2, 0.25) is 0 Å². The number of halogens is 2. The molecule has 0 radical (unpaired) electrons. The summed E-state index contributed by atoms with van der Waals surface area (Å²) >= 11 is 7.75. The van der Waals surface area contributed by atoms with E-state index in [1.165, 1.54) is 15.5 Å². The summed E-state index contributed by atoms with van der Waals surface area (Å²) in [5.41, 5.74) is 1.39. The van der Waals surface area contributed by atoms with E-state index < -0.39 is 5.82 Å². The van der Waals surface area contributed by atoms with Gasteiger partial charge in [-0.25, -0.2) is 9.37 Å². The fourth-order valence-corrected chi connectivity index (χ4v) is 4.89. The lowest BCUT2D eigenvalue weighted by Crippen LogP contribution is -2.25. The number of nitrogens with zero attached hydrogens (tertiary/aromatic N) is 2. The summed E-state index contributed by atoms with van der Waals surface area (Å²) in [4.78, 5) is 19.8. The number of hydrogen-bond donors (Lipinski definition) is 0. The van der Waals surface area contributed by atoms with Crippen LogP contribution in [0.4, 0.5) is 4.39 Å². The van der Waals surface area contributed by atoms with Gasteiger partial charge >= 0.3 is 0 Å². The van der Waals surface area contributed by atoms with E-state index >= 15 is 0 Å². The van der Waals surface area contributed by atoms with Crippen LogP contribution in [0.2, 0.25) is 5.02 Å². The Morgan fingerprint density at radius 1 is 1.33 bits per heavy atom. The first kappa shape index (κ1) is 15.8. The van der Waals surface area contributed by atoms with Crippen molar-refractivity contribution in [2.24, 2.45) is 0 Å². The highest BCUT2D eigenvalue weighted by atomic mass is 35.5. The van der Waals surface area contributed by atoms with Gasteiger partial charge in [-0.15, -0.1) is 11.3 Å². The molecule has 0 bridgehead atoms. The van der Waals surface area contributed by atoms with Gasteiger partial charge in [0.25, 0.3) is 5.56 Å². The van der Waals surface area contributed by atoms with Gasteiger partial charge in [-0.05, 0) is 50.3 Å². The Kier molecular flexibility index (Phi) is 3.93. The molecule has 24 heavy (non-hydrogen) atoms. The molecule has 0 spiro atoms. The minimum absolute atomic E-state index is 0.0868. The van der Waals surface area contributed by atoms with Crippen LogP contribution in [0.15, 0.2) is 23.0 Å². The van der Waals surface area contributed by atoms with Crippen LogP contribution in [-0.4, -0.2) is 9.55 Å². The Balaban J connectivity index is 1.91. The molecule has 0 saturated carbocycles. The van der Waals surface area contributed by atoms with Gasteiger partial charge < -0.3 is 0 Å². The Morgan fingerprint density at radius 2 is 2.12 bits per heavy atom. The molecule has 3 nitrogen and oxygen atoms in total. The second kappa shape index (κ2) is 5.97. The van der Waals surface area contributed by atoms with Gasteiger partial charge in [-0.1, -0.05) is 17.7 Å². The van der Waals surface area contributed by atoms with E-state index in [2.05, 4.69) is 4.98 Å². The highest BCUT2D eigenvalue weighted by Crippen LogP contribution is 2.34. The van der Waals surface area contributed by atoms with Gasteiger partial charge in [0.1, 0.15) is 16.5 Å². The van der Waals surface area contributed by atoms with Crippen molar-refractivity contribution in [3.05, 3.63) is 61.2 Å².